The van der Waals surface area contributed by atoms with Crippen LogP contribution in [0.2, 0.25) is 0 Å². The molecule has 4 heteroatoms. The van der Waals surface area contributed by atoms with Gasteiger partial charge in [-0.25, -0.2) is 0 Å². The molecule has 1 aromatic heterocycles. The first-order valence-corrected chi connectivity index (χ1v) is 5.98. The van der Waals surface area contributed by atoms with Crippen molar-refractivity contribution in [3.8, 4) is 0 Å². The van der Waals surface area contributed by atoms with Gasteiger partial charge in [0.05, 0.1) is 0 Å². The van der Waals surface area contributed by atoms with Crippen LogP contribution >= 0.6 is 0 Å². The molecule has 94 valence electrons. The molecule has 1 amide bonds. The van der Waals surface area contributed by atoms with E-state index in [0.29, 0.717) is 18.2 Å². The van der Waals surface area contributed by atoms with Gasteiger partial charge in [-0.05, 0) is 30.9 Å². The topological polar surface area (TPSA) is 68.0 Å². The molecule has 1 aromatic rings. The van der Waals surface area contributed by atoms with E-state index in [-0.39, 0.29) is 11.9 Å². The molecule has 0 aliphatic carbocycles. The standard InChI is InChI=1S/C13H21N3O/c1-9(2)6-10(3)16-13(17)12-5-4-11(7-14)8-15-12/h4-5,8-10H,6-7,14H2,1-3H3,(H,16,17). The normalized spacial score (nSPS) is 12.5. The lowest BCUT2D eigenvalue weighted by molar-refractivity contribution is 0.0931. The Morgan fingerprint density at radius 2 is 2.12 bits per heavy atom. The van der Waals surface area contributed by atoms with Crippen LogP contribution in [0.4, 0.5) is 0 Å². The van der Waals surface area contributed by atoms with Gasteiger partial charge in [-0.3, -0.25) is 9.78 Å². The summed E-state index contributed by atoms with van der Waals surface area (Å²) in [5, 5.41) is 2.93. The molecule has 0 aromatic carbocycles. The predicted octanol–water partition coefficient (Wildman–Crippen LogP) is 1.70. The molecule has 1 atom stereocenters. The van der Waals surface area contributed by atoms with Crippen molar-refractivity contribution in [2.75, 3.05) is 0 Å². The summed E-state index contributed by atoms with van der Waals surface area (Å²) in [6.07, 6.45) is 2.61. The SMILES string of the molecule is CC(C)CC(C)NC(=O)c1ccc(CN)cn1. The zero-order valence-corrected chi connectivity index (χ0v) is 10.7. The van der Waals surface area contributed by atoms with E-state index < -0.39 is 0 Å². The summed E-state index contributed by atoms with van der Waals surface area (Å²) in [4.78, 5) is 15.9. The fourth-order valence-electron chi connectivity index (χ4n) is 1.74. The average Bonchev–Trinajstić information content (AvgIpc) is 2.28. The molecule has 1 unspecified atom stereocenters. The largest absolute Gasteiger partial charge is 0.348 e. The maximum atomic E-state index is 11.8. The highest BCUT2D eigenvalue weighted by molar-refractivity contribution is 5.92. The molecular weight excluding hydrogens is 214 g/mol. The Labute approximate surface area is 103 Å². The van der Waals surface area contributed by atoms with Crippen LogP contribution in [0.5, 0.6) is 0 Å². The molecule has 0 saturated carbocycles. The van der Waals surface area contributed by atoms with Gasteiger partial charge in [-0.1, -0.05) is 19.9 Å². The third-order valence-corrected chi connectivity index (χ3v) is 2.50. The van der Waals surface area contributed by atoms with Gasteiger partial charge in [0.1, 0.15) is 5.69 Å². The molecule has 0 aliphatic heterocycles. The van der Waals surface area contributed by atoms with E-state index in [0.717, 1.165) is 12.0 Å². The summed E-state index contributed by atoms with van der Waals surface area (Å²) in [5.74, 6) is 0.444. The predicted molar refractivity (Wildman–Crippen MR) is 68.5 cm³/mol. The van der Waals surface area contributed by atoms with Crippen molar-refractivity contribution in [2.45, 2.75) is 39.8 Å². The molecule has 0 radical (unpaired) electrons. The lowest BCUT2D eigenvalue weighted by Gasteiger charge is -2.15. The van der Waals surface area contributed by atoms with E-state index in [1.807, 2.05) is 13.0 Å². The third-order valence-electron chi connectivity index (χ3n) is 2.50. The Balaban J connectivity index is 2.57. The molecule has 4 nitrogen and oxygen atoms in total. The van der Waals surface area contributed by atoms with Crippen molar-refractivity contribution in [2.24, 2.45) is 11.7 Å². The first kappa shape index (κ1) is 13.6. The number of pyridine rings is 1. The van der Waals surface area contributed by atoms with Gasteiger partial charge >= 0.3 is 0 Å². The number of hydrogen-bond donors (Lipinski definition) is 2. The molecule has 0 bridgehead atoms. The highest BCUT2D eigenvalue weighted by atomic mass is 16.1. The van der Waals surface area contributed by atoms with Crippen LogP contribution in [0, 0.1) is 5.92 Å². The van der Waals surface area contributed by atoms with E-state index in [4.69, 9.17) is 5.73 Å². The first-order chi connectivity index (χ1) is 8.02. The number of nitrogens with zero attached hydrogens (tertiary/aromatic N) is 1. The number of rotatable bonds is 5. The molecular formula is C13H21N3O. The first-order valence-electron chi connectivity index (χ1n) is 5.98. The summed E-state index contributed by atoms with van der Waals surface area (Å²) in [6.45, 7) is 6.72. The van der Waals surface area contributed by atoms with Crippen molar-refractivity contribution < 1.29 is 4.79 Å². The van der Waals surface area contributed by atoms with Gasteiger partial charge in [0.2, 0.25) is 0 Å². The van der Waals surface area contributed by atoms with E-state index in [1.54, 1.807) is 12.3 Å². The summed E-state index contributed by atoms with van der Waals surface area (Å²) in [7, 11) is 0. The summed E-state index contributed by atoms with van der Waals surface area (Å²) in [5.41, 5.74) is 6.84. The van der Waals surface area contributed by atoms with Crippen LogP contribution in [0.15, 0.2) is 18.3 Å². The smallest absolute Gasteiger partial charge is 0.270 e. The molecule has 1 heterocycles. The maximum Gasteiger partial charge on any atom is 0.270 e. The number of hydrogen-bond acceptors (Lipinski definition) is 3. The van der Waals surface area contributed by atoms with E-state index >= 15 is 0 Å². The Morgan fingerprint density at radius 3 is 2.59 bits per heavy atom. The van der Waals surface area contributed by atoms with Gasteiger partial charge < -0.3 is 11.1 Å². The summed E-state index contributed by atoms with van der Waals surface area (Å²) >= 11 is 0. The number of aromatic nitrogens is 1. The molecule has 17 heavy (non-hydrogen) atoms. The zero-order chi connectivity index (χ0) is 12.8. The number of nitrogens with two attached hydrogens (primary N) is 1. The molecule has 0 fully saturated rings. The maximum absolute atomic E-state index is 11.8. The lowest BCUT2D eigenvalue weighted by Crippen LogP contribution is -2.34. The van der Waals surface area contributed by atoms with Gasteiger partial charge in [0.15, 0.2) is 0 Å². The minimum atomic E-state index is -0.123. The van der Waals surface area contributed by atoms with Crippen LogP contribution in [-0.4, -0.2) is 16.9 Å². The van der Waals surface area contributed by atoms with Crippen LogP contribution in [0.3, 0.4) is 0 Å². The molecule has 1 rings (SSSR count). The second-order valence-electron chi connectivity index (χ2n) is 4.76. The Hall–Kier alpha value is -1.42. The summed E-state index contributed by atoms with van der Waals surface area (Å²) in [6, 6.07) is 3.70. The van der Waals surface area contributed by atoms with Crippen molar-refractivity contribution in [1.29, 1.82) is 0 Å². The minimum Gasteiger partial charge on any atom is -0.348 e. The second kappa shape index (κ2) is 6.35. The highest BCUT2D eigenvalue weighted by Crippen LogP contribution is 2.05. The Bertz CT molecular complexity index is 359. The zero-order valence-electron chi connectivity index (χ0n) is 10.7. The highest BCUT2D eigenvalue weighted by Gasteiger charge is 2.11. The monoisotopic (exact) mass is 235 g/mol. The van der Waals surface area contributed by atoms with Gasteiger partial charge in [-0.15, -0.1) is 0 Å². The average molecular weight is 235 g/mol. The third kappa shape index (κ3) is 4.53. The number of nitrogens with one attached hydrogen (secondary N) is 1. The van der Waals surface area contributed by atoms with Crippen LogP contribution < -0.4 is 11.1 Å². The molecule has 0 saturated heterocycles. The quantitative estimate of drug-likeness (QED) is 0.816. The van der Waals surface area contributed by atoms with Crippen molar-refractivity contribution in [3.05, 3.63) is 29.6 Å². The van der Waals surface area contributed by atoms with Crippen LogP contribution in [0.25, 0.3) is 0 Å². The van der Waals surface area contributed by atoms with Crippen LogP contribution in [0.1, 0.15) is 43.2 Å². The van der Waals surface area contributed by atoms with E-state index in [2.05, 4.69) is 24.1 Å². The second-order valence-corrected chi connectivity index (χ2v) is 4.76. The molecule has 0 aliphatic rings. The number of amides is 1. The number of carbonyl (C=O) groups excluding carboxylic acids is 1. The van der Waals surface area contributed by atoms with Crippen molar-refractivity contribution >= 4 is 5.91 Å². The van der Waals surface area contributed by atoms with Crippen molar-refractivity contribution in [1.82, 2.24) is 10.3 Å². The minimum absolute atomic E-state index is 0.123. The van der Waals surface area contributed by atoms with E-state index in [9.17, 15) is 4.79 Å². The molecule has 3 N–H and O–H groups in total. The summed E-state index contributed by atoms with van der Waals surface area (Å²) < 4.78 is 0. The van der Waals surface area contributed by atoms with Crippen LogP contribution in [-0.2, 0) is 6.54 Å². The van der Waals surface area contributed by atoms with E-state index in [1.165, 1.54) is 0 Å². The fourth-order valence-corrected chi connectivity index (χ4v) is 1.74. The number of carbonyl (C=O) groups is 1. The van der Waals surface area contributed by atoms with Gasteiger partial charge in [0.25, 0.3) is 5.91 Å². The Kier molecular flexibility index (Phi) is 5.10. The van der Waals surface area contributed by atoms with Crippen molar-refractivity contribution in [3.63, 3.8) is 0 Å². The lowest BCUT2D eigenvalue weighted by atomic mass is 10.1. The Morgan fingerprint density at radius 1 is 1.41 bits per heavy atom. The van der Waals surface area contributed by atoms with Gasteiger partial charge in [0, 0.05) is 18.8 Å². The molecule has 0 spiro atoms. The fraction of sp³-hybridized carbons (Fsp3) is 0.538. The van der Waals surface area contributed by atoms with Gasteiger partial charge in [-0.2, -0.15) is 0 Å².